The summed E-state index contributed by atoms with van der Waals surface area (Å²) in [6.07, 6.45) is 6.53. The minimum atomic E-state index is 0.0221. The lowest BCUT2D eigenvalue weighted by atomic mass is 10.1. The smallest absolute Gasteiger partial charge is 0.224 e. The number of hydrogen-bond donors (Lipinski definition) is 1. The van der Waals surface area contributed by atoms with Gasteiger partial charge in [-0.25, -0.2) is 4.98 Å². The average molecular weight is 331 g/mol. The van der Waals surface area contributed by atoms with E-state index in [0.29, 0.717) is 25.9 Å². The van der Waals surface area contributed by atoms with E-state index in [0.717, 1.165) is 28.0 Å². The molecule has 2 aromatic carbocycles. The number of fused-ring (bicyclic) bond motifs is 1. The molecule has 1 N–H and O–H groups in total. The molecule has 0 bridgehead atoms. The molecule has 1 aromatic heterocycles. The van der Waals surface area contributed by atoms with E-state index in [9.17, 15) is 4.79 Å². The second-order valence-electron chi connectivity index (χ2n) is 6.01. The van der Waals surface area contributed by atoms with E-state index in [4.69, 9.17) is 6.42 Å². The summed E-state index contributed by atoms with van der Waals surface area (Å²) >= 11 is 0. The monoisotopic (exact) mass is 331 g/mol. The largest absolute Gasteiger partial charge is 0.355 e. The van der Waals surface area contributed by atoms with Crippen LogP contribution in [0.15, 0.2) is 48.5 Å². The van der Waals surface area contributed by atoms with Gasteiger partial charge < -0.3 is 9.88 Å². The zero-order valence-corrected chi connectivity index (χ0v) is 14.3. The van der Waals surface area contributed by atoms with Crippen LogP contribution in [0, 0.1) is 19.3 Å². The normalized spacial score (nSPS) is 10.6. The van der Waals surface area contributed by atoms with Gasteiger partial charge in [-0.3, -0.25) is 4.79 Å². The highest BCUT2D eigenvalue weighted by atomic mass is 16.1. The molecule has 0 aliphatic rings. The molecule has 3 aromatic rings. The number of nitrogens with zero attached hydrogens (tertiary/aromatic N) is 2. The van der Waals surface area contributed by atoms with Crippen LogP contribution < -0.4 is 5.32 Å². The molecule has 0 atom stereocenters. The molecule has 1 heterocycles. The van der Waals surface area contributed by atoms with E-state index >= 15 is 0 Å². The van der Waals surface area contributed by atoms with E-state index in [1.165, 1.54) is 0 Å². The first-order chi connectivity index (χ1) is 12.2. The lowest BCUT2D eigenvalue weighted by Crippen LogP contribution is -2.28. The van der Waals surface area contributed by atoms with Gasteiger partial charge >= 0.3 is 0 Å². The Morgan fingerprint density at radius 2 is 1.96 bits per heavy atom. The highest BCUT2D eigenvalue weighted by Gasteiger charge is 2.10. The maximum atomic E-state index is 12.2. The third-order valence-electron chi connectivity index (χ3n) is 4.27. The summed E-state index contributed by atoms with van der Waals surface area (Å²) in [7, 11) is 0. The van der Waals surface area contributed by atoms with Gasteiger partial charge in [-0.2, -0.15) is 0 Å². The fourth-order valence-corrected chi connectivity index (χ4v) is 2.94. The van der Waals surface area contributed by atoms with E-state index in [1.807, 2.05) is 60.0 Å². The maximum absolute atomic E-state index is 12.2. The molecule has 0 unspecified atom stereocenters. The number of hydrogen-bond acceptors (Lipinski definition) is 2. The van der Waals surface area contributed by atoms with Gasteiger partial charge in [-0.1, -0.05) is 42.3 Å². The van der Waals surface area contributed by atoms with Crippen LogP contribution in [0.2, 0.25) is 0 Å². The number of carbonyl (C=O) groups is 1. The molecule has 0 saturated carbocycles. The summed E-state index contributed by atoms with van der Waals surface area (Å²) in [5.74, 6) is 3.60. The number of nitrogens with one attached hydrogen (secondary N) is 1. The average Bonchev–Trinajstić information content (AvgIpc) is 2.95. The van der Waals surface area contributed by atoms with Gasteiger partial charge in [0.2, 0.25) is 5.91 Å². The Kier molecular flexibility index (Phi) is 5.15. The number of imidazole rings is 1. The molecule has 1 amide bonds. The van der Waals surface area contributed by atoms with E-state index in [2.05, 4.69) is 16.2 Å². The van der Waals surface area contributed by atoms with Crippen molar-refractivity contribution < 1.29 is 4.79 Å². The zero-order valence-electron chi connectivity index (χ0n) is 14.3. The van der Waals surface area contributed by atoms with Gasteiger partial charge in [0.1, 0.15) is 5.82 Å². The van der Waals surface area contributed by atoms with Crippen molar-refractivity contribution in [1.29, 1.82) is 0 Å². The SMILES string of the molecule is C#CCn1c(CCNC(=O)Cc2ccccc2C)nc2ccccc21. The topological polar surface area (TPSA) is 46.9 Å². The molecular weight excluding hydrogens is 310 g/mol. The van der Waals surface area contributed by atoms with Crippen LogP contribution >= 0.6 is 0 Å². The summed E-state index contributed by atoms with van der Waals surface area (Å²) in [6.45, 7) is 3.04. The maximum Gasteiger partial charge on any atom is 0.224 e. The zero-order chi connectivity index (χ0) is 17.6. The summed E-state index contributed by atoms with van der Waals surface area (Å²) in [4.78, 5) is 16.8. The van der Waals surface area contributed by atoms with E-state index in [-0.39, 0.29) is 5.91 Å². The number of benzene rings is 2. The van der Waals surface area contributed by atoms with Crippen molar-refractivity contribution in [2.75, 3.05) is 6.54 Å². The quantitative estimate of drug-likeness (QED) is 0.706. The van der Waals surface area contributed by atoms with Gasteiger partial charge in [0.05, 0.1) is 24.0 Å². The Morgan fingerprint density at radius 1 is 1.20 bits per heavy atom. The van der Waals surface area contributed by atoms with Crippen molar-refractivity contribution >= 4 is 16.9 Å². The lowest BCUT2D eigenvalue weighted by molar-refractivity contribution is -0.120. The third-order valence-corrected chi connectivity index (χ3v) is 4.27. The lowest BCUT2D eigenvalue weighted by Gasteiger charge is -2.08. The van der Waals surface area contributed by atoms with Gasteiger partial charge in [-0.15, -0.1) is 6.42 Å². The Labute approximate surface area is 147 Å². The number of terminal acetylenes is 1. The molecule has 0 saturated heterocycles. The van der Waals surface area contributed by atoms with Crippen molar-refractivity contribution in [3.63, 3.8) is 0 Å². The number of aromatic nitrogens is 2. The van der Waals surface area contributed by atoms with Crippen LogP contribution in [0.4, 0.5) is 0 Å². The highest BCUT2D eigenvalue weighted by molar-refractivity contribution is 5.79. The van der Waals surface area contributed by atoms with Crippen LogP contribution in [0.3, 0.4) is 0 Å². The Hall–Kier alpha value is -3.06. The number of aryl methyl sites for hydroxylation is 1. The first kappa shape index (κ1) is 16.8. The fraction of sp³-hybridized carbons (Fsp3) is 0.238. The van der Waals surface area contributed by atoms with Gasteiger partial charge in [0.25, 0.3) is 0 Å². The molecule has 126 valence electrons. The van der Waals surface area contributed by atoms with Crippen LogP contribution in [0.1, 0.15) is 17.0 Å². The number of carbonyl (C=O) groups excluding carboxylic acids is 1. The summed E-state index contributed by atoms with van der Waals surface area (Å²) in [6, 6.07) is 15.9. The van der Waals surface area contributed by atoms with Crippen LogP contribution in [0.25, 0.3) is 11.0 Å². The van der Waals surface area contributed by atoms with E-state index in [1.54, 1.807) is 0 Å². The van der Waals surface area contributed by atoms with E-state index < -0.39 is 0 Å². The minimum absolute atomic E-state index is 0.0221. The van der Waals surface area contributed by atoms with Crippen molar-refractivity contribution in [1.82, 2.24) is 14.9 Å². The molecular formula is C21H21N3O. The Bertz CT molecular complexity index is 934. The molecule has 3 rings (SSSR count). The molecule has 0 fully saturated rings. The molecule has 0 aliphatic heterocycles. The second-order valence-corrected chi connectivity index (χ2v) is 6.01. The number of rotatable bonds is 6. The summed E-state index contributed by atoms with van der Waals surface area (Å²) in [5.41, 5.74) is 4.15. The second kappa shape index (κ2) is 7.67. The van der Waals surface area contributed by atoms with Gasteiger partial charge in [-0.05, 0) is 30.2 Å². The molecule has 0 aliphatic carbocycles. The van der Waals surface area contributed by atoms with Crippen molar-refractivity contribution in [2.45, 2.75) is 26.3 Å². The molecule has 0 spiro atoms. The van der Waals surface area contributed by atoms with Crippen LogP contribution in [-0.2, 0) is 24.2 Å². The summed E-state index contributed by atoms with van der Waals surface area (Å²) < 4.78 is 2.03. The van der Waals surface area contributed by atoms with Gasteiger partial charge in [0.15, 0.2) is 0 Å². The third kappa shape index (κ3) is 3.89. The number of para-hydroxylation sites is 2. The van der Waals surface area contributed by atoms with Gasteiger partial charge in [0, 0.05) is 13.0 Å². The molecule has 0 radical (unpaired) electrons. The fourth-order valence-electron chi connectivity index (χ4n) is 2.94. The molecule has 4 nitrogen and oxygen atoms in total. The minimum Gasteiger partial charge on any atom is -0.355 e. The van der Waals surface area contributed by atoms with Crippen molar-refractivity contribution in [2.24, 2.45) is 0 Å². The first-order valence-corrected chi connectivity index (χ1v) is 8.38. The highest BCUT2D eigenvalue weighted by Crippen LogP contribution is 2.16. The molecule has 25 heavy (non-hydrogen) atoms. The predicted octanol–water partition coefficient (Wildman–Crippen LogP) is 2.88. The Morgan fingerprint density at radius 3 is 2.76 bits per heavy atom. The Balaban J connectivity index is 1.63. The van der Waals surface area contributed by atoms with Crippen LogP contribution in [-0.4, -0.2) is 22.0 Å². The molecule has 4 heteroatoms. The van der Waals surface area contributed by atoms with Crippen LogP contribution in [0.5, 0.6) is 0 Å². The van der Waals surface area contributed by atoms with Crippen molar-refractivity contribution in [3.05, 3.63) is 65.5 Å². The number of amides is 1. The summed E-state index contributed by atoms with van der Waals surface area (Å²) in [5, 5.41) is 2.98. The first-order valence-electron chi connectivity index (χ1n) is 8.38. The predicted molar refractivity (Wildman–Crippen MR) is 100 cm³/mol. The van der Waals surface area contributed by atoms with Crippen molar-refractivity contribution in [3.8, 4) is 12.3 Å². The standard InChI is InChI=1S/C21H21N3O/c1-3-14-24-19-11-7-6-10-18(19)23-20(24)12-13-22-21(25)15-17-9-5-4-8-16(17)2/h1,4-11H,12-15H2,2H3,(H,22,25).